The molecule has 1 aromatic rings. The molecule has 5 aliphatic carbocycles. The summed E-state index contributed by atoms with van der Waals surface area (Å²) in [6, 6.07) is 7.67. The molecule has 0 N–H and O–H groups in total. The van der Waals surface area contributed by atoms with Crippen LogP contribution in [-0.2, 0) is 4.74 Å². The van der Waals surface area contributed by atoms with Crippen molar-refractivity contribution < 1.29 is 18.3 Å². The predicted octanol–water partition coefficient (Wildman–Crippen LogP) is 5.68. The molecule has 0 amide bonds. The number of ether oxygens (including phenoxy) is 1. The van der Waals surface area contributed by atoms with Crippen LogP contribution in [0.2, 0.25) is 0 Å². The number of nitrogens with zero attached hydrogens (tertiary/aromatic N) is 2. The van der Waals surface area contributed by atoms with Gasteiger partial charge in [0.1, 0.15) is 0 Å². The molecule has 34 heavy (non-hydrogen) atoms. The number of hydrogen-bond donors (Lipinski definition) is 0. The van der Waals surface area contributed by atoms with Gasteiger partial charge in [-0.3, -0.25) is 4.90 Å². The fourth-order valence-electron chi connectivity index (χ4n) is 7.77. The minimum Gasteiger partial charge on any atom is -0.465 e. The highest BCUT2D eigenvalue weighted by Crippen LogP contribution is 2.80. The van der Waals surface area contributed by atoms with E-state index in [-0.39, 0.29) is 11.4 Å². The molecular weight excluding hydrogens is 434 g/mol. The molecule has 1 saturated heterocycles. The lowest BCUT2D eigenvalue weighted by Crippen LogP contribution is -2.66. The molecule has 6 aliphatic rings. The maximum absolute atomic E-state index is 13.5. The van der Waals surface area contributed by atoms with Crippen LogP contribution in [0.4, 0.5) is 14.5 Å². The Morgan fingerprint density at radius 3 is 2.26 bits per heavy atom. The Bertz CT molecular complexity index is 970. The molecule has 0 atom stereocenters. The molecule has 0 radical (unpaired) electrons. The Balaban J connectivity index is 1.11. The molecular formula is C28H36F2N2O2. The Morgan fingerprint density at radius 2 is 1.71 bits per heavy atom. The number of allylic oxidation sites excluding steroid dienone is 1. The van der Waals surface area contributed by atoms with E-state index in [1.165, 1.54) is 45.6 Å². The van der Waals surface area contributed by atoms with Crippen LogP contribution in [0, 0.1) is 16.2 Å². The van der Waals surface area contributed by atoms with Gasteiger partial charge in [0.05, 0.1) is 12.7 Å². The second-order valence-electron chi connectivity index (χ2n) is 11.9. The van der Waals surface area contributed by atoms with Crippen molar-refractivity contribution in [3.8, 4) is 0 Å². The van der Waals surface area contributed by atoms with Gasteiger partial charge in [0.2, 0.25) is 6.43 Å². The molecule has 1 spiro atoms. The van der Waals surface area contributed by atoms with Crippen molar-refractivity contribution in [3.05, 3.63) is 41.0 Å². The fraction of sp³-hybridized carbons (Fsp3) is 0.679. The van der Waals surface area contributed by atoms with Crippen LogP contribution in [0.25, 0.3) is 0 Å². The molecule has 1 aliphatic heterocycles. The number of rotatable bonds is 6. The van der Waals surface area contributed by atoms with Crippen molar-refractivity contribution in [3.63, 3.8) is 0 Å². The number of carbonyl (C=O) groups excluding carboxylic acids is 1. The van der Waals surface area contributed by atoms with Crippen molar-refractivity contribution in [1.82, 2.24) is 4.90 Å². The first-order chi connectivity index (χ1) is 16.4. The average Bonchev–Trinajstić information content (AvgIpc) is 2.77. The van der Waals surface area contributed by atoms with E-state index in [0.717, 1.165) is 57.7 Å². The average molecular weight is 471 g/mol. The summed E-state index contributed by atoms with van der Waals surface area (Å²) in [7, 11) is 1.40. The lowest BCUT2D eigenvalue weighted by molar-refractivity contribution is -0.250. The lowest BCUT2D eigenvalue weighted by Gasteiger charge is -2.72. The highest BCUT2D eigenvalue weighted by atomic mass is 19.3. The summed E-state index contributed by atoms with van der Waals surface area (Å²) in [5.41, 5.74) is 4.91. The summed E-state index contributed by atoms with van der Waals surface area (Å²) in [6.45, 7) is 4.96. The second kappa shape index (κ2) is 8.04. The number of benzene rings is 1. The zero-order valence-corrected chi connectivity index (χ0v) is 20.3. The number of anilines is 1. The molecule has 0 aromatic heterocycles. The van der Waals surface area contributed by atoms with Gasteiger partial charge < -0.3 is 9.64 Å². The summed E-state index contributed by atoms with van der Waals surface area (Å²) in [4.78, 5) is 16.6. The quantitative estimate of drug-likeness (QED) is 0.396. The predicted molar refractivity (Wildman–Crippen MR) is 128 cm³/mol. The summed E-state index contributed by atoms with van der Waals surface area (Å²) >= 11 is 0. The third-order valence-corrected chi connectivity index (χ3v) is 9.96. The van der Waals surface area contributed by atoms with Gasteiger partial charge in [-0.1, -0.05) is 17.6 Å². The number of esters is 1. The molecule has 2 bridgehead atoms. The third kappa shape index (κ3) is 3.51. The molecule has 0 unspecified atom stereocenters. The number of carbonyl (C=O) groups is 1. The van der Waals surface area contributed by atoms with E-state index in [9.17, 15) is 13.6 Å². The van der Waals surface area contributed by atoms with Crippen LogP contribution < -0.4 is 4.90 Å². The van der Waals surface area contributed by atoms with Crippen LogP contribution >= 0.6 is 0 Å². The Labute approximate surface area is 201 Å². The first-order valence-corrected chi connectivity index (χ1v) is 13.0. The minimum atomic E-state index is -2.14. The van der Waals surface area contributed by atoms with Gasteiger partial charge in [0.25, 0.3) is 0 Å². The van der Waals surface area contributed by atoms with Gasteiger partial charge in [-0.25, -0.2) is 13.6 Å². The van der Waals surface area contributed by atoms with Crippen LogP contribution in [0.1, 0.15) is 68.1 Å². The second-order valence-corrected chi connectivity index (χ2v) is 11.9. The van der Waals surface area contributed by atoms with Crippen LogP contribution in [0.3, 0.4) is 0 Å². The van der Waals surface area contributed by atoms with E-state index in [1.807, 2.05) is 24.3 Å². The van der Waals surface area contributed by atoms with Gasteiger partial charge in [-0.15, -0.1) is 0 Å². The van der Waals surface area contributed by atoms with Gasteiger partial charge >= 0.3 is 5.97 Å². The standard InChI is InChI=1S/C28H36F2N2O2/c1-34-24(33)20-3-5-22(6-4-20)32-13-11-31(12-14-32)16-21-7-10-26(8-2-9-26)15-23(21)27-17-28(18-27,19-27)25(29)30/h3-6,25H,2,7-19H2,1H3. The van der Waals surface area contributed by atoms with Crippen molar-refractivity contribution in [1.29, 1.82) is 0 Å². The van der Waals surface area contributed by atoms with E-state index in [4.69, 9.17) is 4.74 Å². The molecule has 184 valence electrons. The summed E-state index contributed by atoms with van der Waals surface area (Å²) in [5.74, 6) is -0.306. The topological polar surface area (TPSA) is 32.8 Å². The normalized spacial score (nSPS) is 32.3. The highest BCUT2D eigenvalue weighted by molar-refractivity contribution is 5.89. The molecule has 4 nitrogen and oxygen atoms in total. The van der Waals surface area contributed by atoms with E-state index in [1.54, 1.807) is 11.1 Å². The maximum atomic E-state index is 13.5. The monoisotopic (exact) mass is 470 g/mol. The van der Waals surface area contributed by atoms with E-state index < -0.39 is 11.8 Å². The van der Waals surface area contributed by atoms with E-state index >= 15 is 0 Å². The molecule has 1 aromatic carbocycles. The summed E-state index contributed by atoms with van der Waals surface area (Å²) in [6.07, 6.45) is 7.76. The largest absolute Gasteiger partial charge is 0.465 e. The van der Waals surface area contributed by atoms with Gasteiger partial charge in [-0.2, -0.15) is 0 Å². The first kappa shape index (κ1) is 22.5. The summed E-state index contributed by atoms with van der Waals surface area (Å²) < 4.78 is 31.9. The lowest BCUT2D eigenvalue weighted by atomic mass is 9.31. The highest BCUT2D eigenvalue weighted by Gasteiger charge is 2.73. The Kier molecular flexibility index (Phi) is 5.32. The van der Waals surface area contributed by atoms with Crippen LogP contribution in [-0.4, -0.2) is 57.1 Å². The number of alkyl halides is 2. The van der Waals surface area contributed by atoms with Crippen LogP contribution in [0.15, 0.2) is 35.4 Å². The molecule has 4 saturated carbocycles. The number of methoxy groups -OCH3 is 1. The number of hydrogen-bond acceptors (Lipinski definition) is 4. The SMILES string of the molecule is COC(=O)c1ccc(N2CCN(CC3=C(C45CC(C(F)F)(C4)C5)CC4(CCC4)CC3)CC2)cc1. The van der Waals surface area contributed by atoms with E-state index in [2.05, 4.69) is 9.80 Å². The van der Waals surface area contributed by atoms with Crippen LogP contribution in [0.5, 0.6) is 0 Å². The molecule has 6 heteroatoms. The van der Waals surface area contributed by atoms with Crippen molar-refractivity contribution in [2.75, 3.05) is 44.7 Å². The molecule has 7 rings (SSSR count). The minimum absolute atomic E-state index is 0.123. The first-order valence-electron chi connectivity index (χ1n) is 13.0. The Morgan fingerprint density at radius 1 is 1.03 bits per heavy atom. The molecule has 5 fully saturated rings. The fourth-order valence-corrected chi connectivity index (χ4v) is 7.77. The van der Waals surface area contributed by atoms with Crippen molar-refractivity contribution in [2.24, 2.45) is 16.2 Å². The summed E-state index contributed by atoms with van der Waals surface area (Å²) in [5, 5.41) is 0. The smallest absolute Gasteiger partial charge is 0.337 e. The molecule has 1 heterocycles. The van der Waals surface area contributed by atoms with Gasteiger partial charge in [0, 0.05) is 43.8 Å². The van der Waals surface area contributed by atoms with Crippen molar-refractivity contribution in [2.45, 2.75) is 64.2 Å². The van der Waals surface area contributed by atoms with E-state index in [0.29, 0.717) is 11.0 Å². The van der Waals surface area contributed by atoms with Crippen molar-refractivity contribution >= 4 is 11.7 Å². The zero-order valence-electron chi connectivity index (χ0n) is 20.3. The van der Waals surface area contributed by atoms with Gasteiger partial charge in [0.15, 0.2) is 0 Å². The van der Waals surface area contributed by atoms with Gasteiger partial charge in [-0.05, 0) is 86.5 Å². The maximum Gasteiger partial charge on any atom is 0.337 e. The Hall–Kier alpha value is -1.95. The number of piperazine rings is 1. The number of halogens is 2. The third-order valence-electron chi connectivity index (χ3n) is 9.96. The zero-order chi connectivity index (χ0) is 23.6.